The Labute approximate surface area is 148 Å². The lowest BCUT2D eigenvalue weighted by Gasteiger charge is -2.27. The first-order chi connectivity index (χ1) is 12.0. The number of phosphoric acid groups is 1. The predicted octanol–water partition coefficient (Wildman–Crippen LogP) is 2.08. The van der Waals surface area contributed by atoms with Gasteiger partial charge < -0.3 is 14.4 Å². The predicted molar refractivity (Wildman–Crippen MR) is 89.8 cm³/mol. The van der Waals surface area contributed by atoms with Gasteiger partial charge in [0.05, 0.1) is 25.4 Å². The molecule has 1 aromatic rings. The molecular formula is C17H27NO6P+. The summed E-state index contributed by atoms with van der Waals surface area (Å²) in [5.74, 6) is 0. The van der Waals surface area contributed by atoms with Gasteiger partial charge in [0.15, 0.2) is 18.9 Å². The summed E-state index contributed by atoms with van der Waals surface area (Å²) in [5.41, 5.74) is -0.195. The quantitative estimate of drug-likeness (QED) is 0.528. The van der Waals surface area contributed by atoms with Crippen molar-refractivity contribution in [3.8, 4) is 0 Å². The van der Waals surface area contributed by atoms with Gasteiger partial charge in [0.25, 0.3) is 0 Å². The van der Waals surface area contributed by atoms with Crippen molar-refractivity contribution < 1.29 is 32.5 Å². The maximum Gasteiger partial charge on any atom is 0.472 e. The largest absolute Gasteiger partial charge is 0.472 e. The number of phosphoric ester groups is 1. The number of rotatable bonds is 9. The number of hydrogen-bond donors (Lipinski definition) is 1. The minimum absolute atomic E-state index is 0.0346. The van der Waals surface area contributed by atoms with Gasteiger partial charge in [-0.1, -0.05) is 12.5 Å². The van der Waals surface area contributed by atoms with E-state index >= 15 is 0 Å². The van der Waals surface area contributed by atoms with E-state index in [1.165, 1.54) is 0 Å². The maximum atomic E-state index is 12.2. The highest BCUT2D eigenvalue weighted by molar-refractivity contribution is 7.47. The zero-order chi connectivity index (χ0) is 17.8. The molecule has 7 nitrogen and oxygen atoms in total. The topological polar surface area (TPSA) is 78.1 Å². The second kappa shape index (κ2) is 8.25. The zero-order valence-electron chi connectivity index (χ0n) is 14.6. The lowest BCUT2D eigenvalue weighted by atomic mass is 9.82. The van der Waals surface area contributed by atoms with Crippen molar-refractivity contribution in [1.82, 2.24) is 0 Å². The van der Waals surface area contributed by atoms with E-state index in [9.17, 15) is 9.46 Å². The van der Waals surface area contributed by atoms with Gasteiger partial charge >= 0.3 is 7.82 Å². The second-order valence-electron chi connectivity index (χ2n) is 6.85. The Kier molecular flexibility index (Phi) is 6.25. The van der Waals surface area contributed by atoms with Crippen LogP contribution in [0, 0.1) is 5.41 Å². The molecule has 0 spiro atoms. The van der Waals surface area contributed by atoms with Crippen molar-refractivity contribution in [2.24, 2.45) is 5.41 Å². The average molecular weight is 372 g/mol. The van der Waals surface area contributed by atoms with Crippen LogP contribution in [0.2, 0.25) is 0 Å². The Balaban J connectivity index is 1.48. The Morgan fingerprint density at radius 1 is 1.32 bits per heavy atom. The van der Waals surface area contributed by atoms with Crippen LogP contribution in [0.25, 0.3) is 0 Å². The van der Waals surface area contributed by atoms with Crippen LogP contribution < -0.4 is 4.57 Å². The van der Waals surface area contributed by atoms with E-state index in [4.69, 9.17) is 18.5 Å². The number of aromatic nitrogens is 1. The first kappa shape index (κ1) is 19.0. The van der Waals surface area contributed by atoms with E-state index in [2.05, 4.69) is 0 Å². The fourth-order valence-electron chi connectivity index (χ4n) is 3.89. The van der Waals surface area contributed by atoms with Crippen LogP contribution in [-0.2, 0) is 29.6 Å². The molecule has 1 saturated carbocycles. The molecule has 25 heavy (non-hydrogen) atoms. The van der Waals surface area contributed by atoms with Gasteiger partial charge in [0.1, 0.15) is 6.61 Å². The summed E-state index contributed by atoms with van der Waals surface area (Å²) >= 11 is 0. The highest BCUT2D eigenvalue weighted by Gasteiger charge is 2.52. The molecular weight excluding hydrogens is 345 g/mol. The molecule has 2 fully saturated rings. The number of ether oxygens (including phenoxy) is 2. The molecule has 0 aromatic carbocycles. The van der Waals surface area contributed by atoms with E-state index in [1.54, 1.807) is 7.11 Å². The molecule has 1 N–H and O–H groups in total. The number of hydrogen-bond acceptors (Lipinski definition) is 5. The minimum Gasteiger partial charge on any atom is -0.382 e. The fraction of sp³-hybridized carbons (Fsp3) is 0.706. The number of methoxy groups -OCH3 is 1. The summed E-state index contributed by atoms with van der Waals surface area (Å²) in [5, 5.41) is 0. The molecule has 0 amide bonds. The molecule has 3 rings (SSSR count). The summed E-state index contributed by atoms with van der Waals surface area (Å²) in [6, 6.07) is 5.70. The van der Waals surface area contributed by atoms with E-state index in [-0.39, 0.29) is 30.8 Å². The van der Waals surface area contributed by atoms with Gasteiger partial charge in [-0.25, -0.2) is 9.13 Å². The van der Waals surface area contributed by atoms with Crippen LogP contribution in [0.5, 0.6) is 0 Å². The molecule has 1 aliphatic heterocycles. The van der Waals surface area contributed by atoms with E-state index in [0.29, 0.717) is 13.2 Å². The molecule has 2 aliphatic rings. The summed E-state index contributed by atoms with van der Waals surface area (Å²) in [7, 11) is -2.42. The molecule has 1 aromatic heterocycles. The molecule has 1 saturated heterocycles. The average Bonchev–Trinajstić information content (AvgIpc) is 3.11. The van der Waals surface area contributed by atoms with E-state index in [0.717, 1.165) is 25.7 Å². The van der Waals surface area contributed by atoms with Gasteiger partial charge in [0, 0.05) is 24.7 Å². The summed E-state index contributed by atoms with van der Waals surface area (Å²) in [6.07, 6.45) is 7.61. The molecule has 0 bridgehead atoms. The van der Waals surface area contributed by atoms with E-state index in [1.807, 2.05) is 35.2 Å². The van der Waals surface area contributed by atoms with Crippen molar-refractivity contribution >= 4 is 7.82 Å². The highest BCUT2D eigenvalue weighted by atomic mass is 31.2. The monoisotopic (exact) mass is 372 g/mol. The Morgan fingerprint density at radius 3 is 2.88 bits per heavy atom. The Morgan fingerprint density at radius 2 is 2.12 bits per heavy atom. The fourth-order valence-corrected chi connectivity index (χ4v) is 4.69. The van der Waals surface area contributed by atoms with Crippen molar-refractivity contribution in [2.45, 2.75) is 44.4 Å². The van der Waals surface area contributed by atoms with Crippen LogP contribution in [0.3, 0.4) is 0 Å². The van der Waals surface area contributed by atoms with Crippen LogP contribution >= 0.6 is 7.82 Å². The lowest BCUT2D eigenvalue weighted by Crippen LogP contribution is -2.34. The minimum atomic E-state index is -4.07. The second-order valence-corrected chi connectivity index (χ2v) is 8.30. The van der Waals surface area contributed by atoms with Gasteiger partial charge in [0.2, 0.25) is 0 Å². The van der Waals surface area contributed by atoms with Crippen molar-refractivity contribution in [2.75, 3.05) is 26.9 Å². The third-order valence-electron chi connectivity index (χ3n) is 5.06. The SMILES string of the molecule is COC[C@H]1C[C@]2(COP(=O)(O)OCC[n+]3ccccc3)CCC[C@@H]2O1. The number of pyridine rings is 1. The van der Waals surface area contributed by atoms with Crippen molar-refractivity contribution in [3.05, 3.63) is 30.6 Å². The van der Waals surface area contributed by atoms with E-state index < -0.39 is 7.82 Å². The number of fused-ring (bicyclic) bond motifs is 1. The third-order valence-corrected chi connectivity index (χ3v) is 6.03. The van der Waals surface area contributed by atoms with Crippen LogP contribution in [-0.4, -0.2) is 44.0 Å². The maximum absolute atomic E-state index is 12.2. The molecule has 2 heterocycles. The van der Waals surface area contributed by atoms with Gasteiger partial charge in [-0.3, -0.25) is 9.05 Å². The summed E-state index contributed by atoms with van der Waals surface area (Å²) in [6.45, 7) is 1.33. The molecule has 1 aliphatic carbocycles. The third kappa shape index (κ3) is 4.88. The van der Waals surface area contributed by atoms with Crippen LogP contribution in [0.4, 0.5) is 0 Å². The van der Waals surface area contributed by atoms with Crippen molar-refractivity contribution in [1.29, 1.82) is 0 Å². The van der Waals surface area contributed by atoms with Crippen LogP contribution in [0.1, 0.15) is 25.7 Å². The highest BCUT2D eigenvalue weighted by Crippen LogP contribution is 2.53. The van der Waals surface area contributed by atoms with Gasteiger partial charge in [-0.2, -0.15) is 0 Å². The van der Waals surface area contributed by atoms with Gasteiger partial charge in [-0.15, -0.1) is 0 Å². The van der Waals surface area contributed by atoms with Crippen molar-refractivity contribution in [3.63, 3.8) is 0 Å². The standard InChI is InChI=1S/C17H26NO6P/c1-21-13-15-12-17(7-5-6-16(17)24-15)14-23-25(19,20)22-11-10-18-8-3-2-4-9-18/h2-4,8-9,15-16H,5-7,10-14H2,1H3/p+1/t15-,16+,17+/m1/s1. The molecule has 8 heteroatoms. The van der Waals surface area contributed by atoms with Crippen LogP contribution in [0.15, 0.2) is 30.6 Å². The Hall–Kier alpha value is -0.820. The lowest BCUT2D eigenvalue weighted by molar-refractivity contribution is -0.697. The summed E-state index contributed by atoms with van der Waals surface area (Å²) in [4.78, 5) is 9.98. The smallest absolute Gasteiger partial charge is 0.382 e. The van der Waals surface area contributed by atoms with Gasteiger partial charge in [-0.05, 0) is 19.3 Å². The summed E-state index contributed by atoms with van der Waals surface area (Å²) < 4.78 is 35.7. The zero-order valence-corrected chi connectivity index (χ0v) is 15.5. The molecule has 140 valence electrons. The normalized spacial score (nSPS) is 31.0. The molecule has 4 atom stereocenters. The first-order valence-electron chi connectivity index (χ1n) is 8.73. The first-order valence-corrected chi connectivity index (χ1v) is 10.2. The Bertz CT molecular complexity index is 600. The molecule has 0 radical (unpaired) electrons. The number of nitrogens with zero attached hydrogens (tertiary/aromatic N) is 1. The molecule has 1 unspecified atom stereocenters.